The lowest BCUT2D eigenvalue weighted by Crippen LogP contribution is -2.15. The molecular weight excluding hydrogens is 350 g/mol. The number of nitrogens with one attached hydrogen (secondary N) is 1. The predicted octanol–water partition coefficient (Wildman–Crippen LogP) is 4.49. The first-order chi connectivity index (χ1) is 12.6. The molecule has 2 rings (SSSR count). The Morgan fingerprint density at radius 3 is 2.65 bits per heavy atom. The van der Waals surface area contributed by atoms with E-state index in [2.05, 4.69) is 24.4 Å². The Morgan fingerprint density at radius 2 is 1.92 bits per heavy atom. The van der Waals surface area contributed by atoms with Gasteiger partial charge in [-0.1, -0.05) is 41.4 Å². The second-order valence-corrected chi connectivity index (χ2v) is 6.74. The maximum atomic E-state index is 8.79. The lowest BCUT2D eigenvalue weighted by molar-refractivity contribution is 0.282. The van der Waals surface area contributed by atoms with Crippen molar-refractivity contribution in [1.29, 1.82) is 0 Å². The summed E-state index contributed by atoms with van der Waals surface area (Å²) in [5.41, 5.74) is 3.29. The molecule has 0 unspecified atom stereocenters. The van der Waals surface area contributed by atoms with Crippen molar-refractivity contribution < 1.29 is 14.6 Å². The van der Waals surface area contributed by atoms with Gasteiger partial charge in [0.1, 0.15) is 6.61 Å². The molecule has 0 heterocycles. The molecule has 0 saturated carbocycles. The van der Waals surface area contributed by atoms with Crippen molar-refractivity contribution in [2.75, 3.05) is 20.3 Å². The first-order valence-electron chi connectivity index (χ1n) is 9.00. The number of rotatable bonds is 11. The summed E-state index contributed by atoms with van der Waals surface area (Å²) in [4.78, 5) is 0. The summed E-state index contributed by atoms with van der Waals surface area (Å²) < 4.78 is 11.4. The third-order valence-corrected chi connectivity index (χ3v) is 4.49. The molecule has 0 atom stereocenters. The SMILES string of the molecule is COc1cc(CNCCCCCO)c(Cl)cc1OCc1cccc(C)c1. The molecular formula is C21H28ClNO3. The van der Waals surface area contributed by atoms with Crippen LogP contribution in [0.25, 0.3) is 0 Å². The van der Waals surface area contributed by atoms with E-state index in [-0.39, 0.29) is 6.61 Å². The van der Waals surface area contributed by atoms with Gasteiger partial charge in [0, 0.05) is 24.2 Å². The standard InChI is InChI=1S/C21H28ClNO3/c1-16-7-6-8-17(11-16)15-26-21-13-19(22)18(12-20(21)25-2)14-23-9-4-3-5-10-24/h6-8,11-13,23-24H,3-5,9-10,14-15H2,1-2H3. The molecule has 2 aromatic rings. The molecule has 0 radical (unpaired) electrons. The molecule has 0 spiro atoms. The van der Waals surface area contributed by atoms with Gasteiger partial charge >= 0.3 is 0 Å². The number of hydrogen-bond donors (Lipinski definition) is 2. The lowest BCUT2D eigenvalue weighted by atomic mass is 10.1. The van der Waals surface area contributed by atoms with Gasteiger partial charge in [0.25, 0.3) is 0 Å². The van der Waals surface area contributed by atoms with Gasteiger partial charge in [-0.25, -0.2) is 0 Å². The van der Waals surface area contributed by atoms with Crippen LogP contribution >= 0.6 is 11.6 Å². The van der Waals surface area contributed by atoms with Crippen LogP contribution in [0.3, 0.4) is 0 Å². The van der Waals surface area contributed by atoms with Crippen LogP contribution in [0.15, 0.2) is 36.4 Å². The van der Waals surface area contributed by atoms with E-state index < -0.39 is 0 Å². The number of hydrogen-bond acceptors (Lipinski definition) is 4. The van der Waals surface area contributed by atoms with Gasteiger partial charge < -0.3 is 19.9 Å². The van der Waals surface area contributed by atoms with E-state index in [9.17, 15) is 0 Å². The molecule has 0 amide bonds. The Hall–Kier alpha value is -1.75. The lowest BCUT2D eigenvalue weighted by Gasteiger charge is -2.14. The number of halogens is 1. The van der Waals surface area contributed by atoms with Crippen LogP contribution in [0.5, 0.6) is 11.5 Å². The second-order valence-electron chi connectivity index (χ2n) is 6.33. The van der Waals surface area contributed by atoms with Gasteiger partial charge in [0.15, 0.2) is 11.5 Å². The smallest absolute Gasteiger partial charge is 0.163 e. The fourth-order valence-electron chi connectivity index (χ4n) is 2.71. The summed E-state index contributed by atoms with van der Waals surface area (Å²) in [6.07, 6.45) is 2.91. The average molecular weight is 378 g/mol. The van der Waals surface area contributed by atoms with Crippen LogP contribution in [-0.4, -0.2) is 25.4 Å². The van der Waals surface area contributed by atoms with Crippen molar-refractivity contribution in [1.82, 2.24) is 5.32 Å². The normalized spacial score (nSPS) is 10.8. The average Bonchev–Trinajstić information content (AvgIpc) is 2.64. The Bertz CT molecular complexity index is 691. The topological polar surface area (TPSA) is 50.7 Å². The minimum Gasteiger partial charge on any atom is -0.493 e. The molecule has 0 bridgehead atoms. The maximum absolute atomic E-state index is 8.79. The number of aliphatic hydroxyl groups is 1. The summed E-state index contributed by atoms with van der Waals surface area (Å²) in [7, 11) is 1.63. The van der Waals surface area contributed by atoms with E-state index in [1.54, 1.807) is 7.11 Å². The van der Waals surface area contributed by atoms with Gasteiger partial charge in [0.05, 0.1) is 7.11 Å². The third kappa shape index (κ3) is 6.52. The van der Waals surface area contributed by atoms with Crippen LogP contribution in [0.4, 0.5) is 0 Å². The second kappa shape index (κ2) is 11.1. The van der Waals surface area contributed by atoms with E-state index in [0.717, 1.165) is 36.9 Å². The van der Waals surface area contributed by atoms with Gasteiger partial charge in [-0.15, -0.1) is 0 Å². The van der Waals surface area contributed by atoms with Gasteiger partial charge in [0.2, 0.25) is 0 Å². The van der Waals surface area contributed by atoms with Crippen molar-refractivity contribution in [2.45, 2.75) is 39.3 Å². The highest BCUT2D eigenvalue weighted by atomic mass is 35.5. The highest BCUT2D eigenvalue weighted by molar-refractivity contribution is 6.31. The third-order valence-electron chi connectivity index (χ3n) is 4.14. The quantitative estimate of drug-likeness (QED) is 0.566. The summed E-state index contributed by atoms with van der Waals surface area (Å²) >= 11 is 6.42. The zero-order valence-corrected chi connectivity index (χ0v) is 16.3. The molecule has 142 valence electrons. The molecule has 0 aliphatic rings. The van der Waals surface area contributed by atoms with E-state index in [1.807, 2.05) is 24.3 Å². The summed E-state index contributed by atoms with van der Waals surface area (Å²) in [5.74, 6) is 1.32. The number of methoxy groups -OCH3 is 1. The molecule has 2 aromatic carbocycles. The Kier molecular flexibility index (Phi) is 8.75. The van der Waals surface area contributed by atoms with Crippen molar-refractivity contribution >= 4 is 11.6 Å². The number of aryl methyl sites for hydroxylation is 1. The Labute approximate surface area is 161 Å². The first kappa shape index (κ1) is 20.6. The van der Waals surface area contributed by atoms with Gasteiger partial charge in [-0.05, 0) is 49.9 Å². The zero-order chi connectivity index (χ0) is 18.8. The highest BCUT2D eigenvalue weighted by Crippen LogP contribution is 2.34. The summed E-state index contributed by atoms with van der Waals surface area (Å²) in [6, 6.07) is 12.0. The van der Waals surface area contributed by atoms with Crippen molar-refractivity contribution in [2.24, 2.45) is 0 Å². The molecule has 0 saturated heterocycles. The molecule has 5 heteroatoms. The number of aliphatic hydroxyl groups excluding tert-OH is 1. The maximum Gasteiger partial charge on any atom is 0.163 e. The number of ether oxygens (including phenoxy) is 2. The van der Waals surface area contributed by atoms with E-state index in [1.165, 1.54) is 5.56 Å². The van der Waals surface area contributed by atoms with Crippen molar-refractivity contribution in [3.8, 4) is 11.5 Å². The monoisotopic (exact) mass is 377 g/mol. The Balaban J connectivity index is 1.95. The van der Waals surface area contributed by atoms with Crippen LogP contribution in [0.2, 0.25) is 5.02 Å². The molecule has 0 aromatic heterocycles. The zero-order valence-electron chi connectivity index (χ0n) is 15.6. The van der Waals surface area contributed by atoms with Gasteiger partial charge in [-0.2, -0.15) is 0 Å². The minimum atomic E-state index is 0.257. The Morgan fingerprint density at radius 1 is 1.08 bits per heavy atom. The minimum absolute atomic E-state index is 0.257. The van der Waals surface area contributed by atoms with Crippen LogP contribution in [0, 0.1) is 6.92 Å². The largest absolute Gasteiger partial charge is 0.493 e. The number of unbranched alkanes of at least 4 members (excludes halogenated alkanes) is 2. The summed E-state index contributed by atoms with van der Waals surface area (Å²) in [6.45, 7) is 4.35. The number of benzene rings is 2. The summed E-state index contributed by atoms with van der Waals surface area (Å²) in [5, 5.41) is 12.8. The fourth-order valence-corrected chi connectivity index (χ4v) is 2.93. The van der Waals surface area contributed by atoms with Crippen molar-refractivity contribution in [3.05, 3.63) is 58.1 Å². The molecule has 0 aliphatic heterocycles. The fraction of sp³-hybridized carbons (Fsp3) is 0.429. The van der Waals surface area contributed by atoms with Crippen LogP contribution in [-0.2, 0) is 13.2 Å². The molecule has 2 N–H and O–H groups in total. The molecule has 26 heavy (non-hydrogen) atoms. The van der Waals surface area contributed by atoms with Crippen molar-refractivity contribution in [3.63, 3.8) is 0 Å². The van der Waals surface area contributed by atoms with E-state index >= 15 is 0 Å². The van der Waals surface area contributed by atoms with Gasteiger partial charge in [-0.3, -0.25) is 0 Å². The predicted molar refractivity (Wildman–Crippen MR) is 106 cm³/mol. The van der Waals surface area contributed by atoms with E-state index in [4.69, 9.17) is 26.2 Å². The molecule has 0 fully saturated rings. The van der Waals surface area contributed by atoms with Crippen LogP contribution in [0.1, 0.15) is 36.0 Å². The highest BCUT2D eigenvalue weighted by Gasteiger charge is 2.11. The van der Waals surface area contributed by atoms with Crippen LogP contribution < -0.4 is 14.8 Å². The first-order valence-corrected chi connectivity index (χ1v) is 9.38. The molecule has 0 aliphatic carbocycles. The van der Waals surface area contributed by atoms with E-state index in [0.29, 0.717) is 29.7 Å². The molecule has 4 nitrogen and oxygen atoms in total.